The fourth-order valence-electron chi connectivity index (χ4n) is 0.582. The van der Waals surface area contributed by atoms with Crippen molar-refractivity contribution in [2.45, 2.75) is 30.2 Å². The normalized spacial score (nSPS) is 14.3. The van der Waals surface area contributed by atoms with Gasteiger partial charge in [0.05, 0.1) is 0 Å². The number of halogens is 3. The SMILES string of the molecule is CCC(OC(C)=O)C(Cl)(Cl)Cl. The van der Waals surface area contributed by atoms with Crippen molar-refractivity contribution in [2.24, 2.45) is 0 Å². The van der Waals surface area contributed by atoms with Crippen molar-refractivity contribution in [3.05, 3.63) is 0 Å². The molecular formula is C6H9Cl3O2. The molecule has 5 heteroatoms. The molecule has 2 nitrogen and oxygen atoms in total. The van der Waals surface area contributed by atoms with E-state index in [0.29, 0.717) is 6.42 Å². The summed E-state index contributed by atoms with van der Waals surface area (Å²) in [5.41, 5.74) is 0. The van der Waals surface area contributed by atoms with E-state index in [9.17, 15) is 4.79 Å². The van der Waals surface area contributed by atoms with Crippen LogP contribution in [0.1, 0.15) is 20.3 Å². The Balaban J connectivity index is 4.07. The summed E-state index contributed by atoms with van der Waals surface area (Å²) in [4.78, 5) is 10.5. The van der Waals surface area contributed by atoms with Gasteiger partial charge in [-0.2, -0.15) is 0 Å². The number of ether oxygens (including phenoxy) is 1. The minimum Gasteiger partial charge on any atom is -0.458 e. The lowest BCUT2D eigenvalue weighted by Crippen LogP contribution is -2.29. The zero-order chi connectivity index (χ0) is 9.07. The highest BCUT2D eigenvalue weighted by Gasteiger charge is 2.33. The van der Waals surface area contributed by atoms with E-state index in [1.807, 2.05) is 0 Å². The summed E-state index contributed by atoms with van der Waals surface area (Å²) >= 11 is 16.5. The lowest BCUT2D eigenvalue weighted by atomic mass is 10.3. The molecule has 0 aliphatic heterocycles. The summed E-state index contributed by atoms with van der Waals surface area (Å²) in [6, 6.07) is 0. The van der Waals surface area contributed by atoms with Crippen LogP contribution in [0, 0.1) is 0 Å². The second kappa shape index (κ2) is 4.39. The van der Waals surface area contributed by atoms with Crippen molar-refractivity contribution in [1.82, 2.24) is 0 Å². The fourth-order valence-corrected chi connectivity index (χ4v) is 1.18. The van der Waals surface area contributed by atoms with Crippen LogP contribution in [0.3, 0.4) is 0 Å². The van der Waals surface area contributed by atoms with Gasteiger partial charge in [0.25, 0.3) is 0 Å². The number of rotatable bonds is 2. The van der Waals surface area contributed by atoms with Crippen LogP contribution in [0.2, 0.25) is 0 Å². The topological polar surface area (TPSA) is 26.3 Å². The number of carbonyl (C=O) groups is 1. The summed E-state index contributed by atoms with van der Waals surface area (Å²) in [5.74, 6) is -0.442. The van der Waals surface area contributed by atoms with Gasteiger partial charge >= 0.3 is 5.97 Å². The molecule has 0 saturated heterocycles. The van der Waals surface area contributed by atoms with Crippen LogP contribution in [0.4, 0.5) is 0 Å². The molecule has 0 aromatic rings. The second-order valence-electron chi connectivity index (χ2n) is 2.05. The van der Waals surface area contributed by atoms with Crippen LogP contribution in [0.15, 0.2) is 0 Å². The van der Waals surface area contributed by atoms with E-state index in [4.69, 9.17) is 39.5 Å². The van der Waals surface area contributed by atoms with E-state index in [0.717, 1.165) is 0 Å². The second-order valence-corrected chi connectivity index (χ2v) is 4.42. The lowest BCUT2D eigenvalue weighted by molar-refractivity contribution is -0.146. The average Bonchev–Trinajstić information content (AvgIpc) is 1.79. The van der Waals surface area contributed by atoms with E-state index in [1.165, 1.54) is 6.92 Å². The van der Waals surface area contributed by atoms with Gasteiger partial charge < -0.3 is 4.74 Å². The van der Waals surface area contributed by atoms with Crippen molar-refractivity contribution in [2.75, 3.05) is 0 Å². The highest BCUT2D eigenvalue weighted by Crippen LogP contribution is 2.33. The predicted octanol–water partition coefficient (Wildman–Crippen LogP) is 2.70. The number of hydrogen-bond donors (Lipinski definition) is 0. The molecule has 0 aromatic carbocycles. The Bertz CT molecular complexity index is 141. The molecule has 0 amide bonds. The van der Waals surface area contributed by atoms with Crippen LogP contribution in [-0.2, 0) is 9.53 Å². The van der Waals surface area contributed by atoms with E-state index >= 15 is 0 Å². The van der Waals surface area contributed by atoms with Crippen LogP contribution >= 0.6 is 34.8 Å². The third-order valence-electron chi connectivity index (χ3n) is 1.04. The molecule has 0 saturated carbocycles. The Hall–Kier alpha value is 0.340. The van der Waals surface area contributed by atoms with Crippen molar-refractivity contribution < 1.29 is 9.53 Å². The van der Waals surface area contributed by atoms with Crippen LogP contribution < -0.4 is 0 Å². The summed E-state index contributed by atoms with van der Waals surface area (Å²) in [7, 11) is 0. The van der Waals surface area contributed by atoms with Gasteiger partial charge in [-0.15, -0.1) is 0 Å². The smallest absolute Gasteiger partial charge is 0.303 e. The monoisotopic (exact) mass is 218 g/mol. The quantitative estimate of drug-likeness (QED) is 0.527. The van der Waals surface area contributed by atoms with Gasteiger partial charge in [-0.05, 0) is 6.42 Å². The molecule has 0 heterocycles. The highest BCUT2D eigenvalue weighted by molar-refractivity contribution is 6.68. The first-order chi connectivity index (χ1) is 4.88. The molecule has 0 fully saturated rings. The molecule has 1 atom stereocenters. The number of alkyl halides is 3. The number of carbonyl (C=O) groups excluding carboxylic acids is 1. The first-order valence-electron chi connectivity index (χ1n) is 3.11. The maximum absolute atomic E-state index is 10.5. The Kier molecular flexibility index (Phi) is 4.52. The predicted molar refractivity (Wildman–Crippen MR) is 46.1 cm³/mol. The summed E-state index contributed by atoms with van der Waals surface area (Å²) in [5, 5.41) is 0. The van der Waals surface area contributed by atoms with Gasteiger partial charge in [0.1, 0.15) is 6.10 Å². The highest BCUT2D eigenvalue weighted by atomic mass is 35.6. The third kappa shape index (κ3) is 4.72. The van der Waals surface area contributed by atoms with E-state index in [2.05, 4.69) is 0 Å². The van der Waals surface area contributed by atoms with E-state index < -0.39 is 15.9 Å². The first kappa shape index (κ1) is 11.3. The first-order valence-corrected chi connectivity index (χ1v) is 4.25. The summed E-state index contributed by atoms with van der Waals surface area (Å²) in [6.07, 6.45) is -0.180. The Morgan fingerprint density at radius 2 is 2.00 bits per heavy atom. The summed E-state index contributed by atoms with van der Waals surface area (Å²) < 4.78 is 3.20. The van der Waals surface area contributed by atoms with Crippen LogP contribution in [-0.4, -0.2) is 15.9 Å². The van der Waals surface area contributed by atoms with Gasteiger partial charge in [-0.3, -0.25) is 4.79 Å². The van der Waals surface area contributed by atoms with Crippen molar-refractivity contribution >= 4 is 40.8 Å². The lowest BCUT2D eigenvalue weighted by Gasteiger charge is -2.22. The molecule has 0 spiro atoms. The van der Waals surface area contributed by atoms with Gasteiger partial charge in [-0.1, -0.05) is 41.7 Å². The van der Waals surface area contributed by atoms with Crippen molar-refractivity contribution in [3.63, 3.8) is 0 Å². The third-order valence-corrected chi connectivity index (χ3v) is 1.77. The van der Waals surface area contributed by atoms with E-state index in [-0.39, 0.29) is 0 Å². The number of hydrogen-bond acceptors (Lipinski definition) is 2. The molecule has 0 aliphatic carbocycles. The molecule has 0 radical (unpaired) electrons. The molecule has 1 unspecified atom stereocenters. The standard InChI is InChI=1S/C6H9Cl3O2/c1-3-5(6(7,8)9)11-4(2)10/h5H,3H2,1-2H3. The van der Waals surface area contributed by atoms with Crippen LogP contribution in [0.5, 0.6) is 0 Å². The molecule has 66 valence electrons. The van der Waals surface area contributed by atoms with Crippen molar-refractivity contribution in [1.29, 1.82) is 0 Å². The Labute approximate surface area is 80.7 Å². The minimum atomic E-state index is -1.53. The zero-order valence-corrected chi connectivity index (χ0v) is 8.50. The largest absolute Gasteiger partial charge is 0.458 e. The van der Waals surface area contributed by atoms with Crippen molar-refractivity contribution in [3.8, 4) is 0 Å². The van der Waals surface area contributed by atoms with Gasteiger partial charge in [-0.25, -0.2) is 0 Å². The zero-order valence-electron chi connectivity index (χ0n) is 6.23. The molecular weight excluding hydrogens is 210 g/mol. The molecule has 0 aliphatic rings. The van der Waals surface area contributed by atoms with Gasteiger partial charge in [0.2, 0.25) is 3.79 Å². The Morgan fingerprint density at radius 1 is 1.55 bits per heavy atom. The molecule has 0 aromatic heterocycles. The Morgan fingerprint density at radius 3 is 2.09 bits per heavy atom. The van der Waals surface area contributed by atoms with Gasteiger partial charge in [0, 0.05) is 6.92 Å². The number of esters is 1. The molecule has 11 heavy (non-hydrogen) atoms. The van der Waals surface area contributed by atoms with E-state index in [1.54, 1.807) is 6.92 Å². The fraction of sp³-hybridized carbons (Fsp3) is 0.833. The molecule has 0 rings (SSSR count). The minimum absolute atomic E-state index is 0.442. The maximum atomic E-state index is 10.5. The summed E-state index contributed by atoms with van der Waals surface area (Å²) in [6.45, 7) is 3.05. The average molecular weight is 219 g/mol. The van der Waals surface area contributed by atoms with Gasteiger partial charge in [0.15, 0.2) is 0 Å². The molecule has 0 N–H and O–H groups in total. The van der Waals surface area contributed by atoms with Crippen LogP contribution in [0.25, 0.3) is 0 Å². The molecule has 0 bridgehead atoms. The maximum Gasteiger partial charge on any atom is 0.303 e.